The van der Waals surface area contributed by atoms with Crippen molar-refractivity contribution in [1.29, 1.82) is 0 Å². The minimum Gasteiger partial charge on any atom is -0.550 e. The van der Waals surface area contributed by atoms with Crippen LogP contribution in [0.5, 0.6) is 11.5 Å². The molecule has 19 nitrogen and oxygen atoms in total. The van der Waals surface area contributed by atoms with Crippen molar-refractivity contribution in [3.05, 3.63) is 45.1 Å². The van der Waals surface area contributed by atoms with Crippen LogP contribution in [0.4, 0.5) is 5.13 Å². The van der Waals surface area contributed by atoms with Gasteiger partial charge in [0.1, 0.15) is 23.7 Å². The Labute approximate surface area is 369 Å². The number of quaternary nitrogens is 1. The molecule has 3 atom stereocenters. The number of carbonyl (C=O) groups is 6. The molecule has 1 aromatic heterocycles. The molecule has 7 rings (SSSR count). The Morgan fingerprint density at radius 2 is 1.82 bits per heavy atom. The SMILES string of the molecule is Nc1nc(/C(=N/OC(CC(=O)[O-])C(=O)[O-])C(=O)N[C@@H]2C(=O)N3C(C(=O)[O-])=C(C[N+]45CCC(CC4)N(C(=O)c4ccc(O)c(O)c4Cl)CC5)CS[C@H]23)cs1.[Na+].[Na+]. The molecule has 0 spiro atoms. The number of phenolic OH excluding ortho intramolecular Hbond substituents is 2. The second kappa shape index (κ2) is 18.0. The van der Waals surface area contributed by atoms with E-state index >= 15 is 0 Å². The summed E-state index contributed by atoms with van der Waals surface area (Å²) in [6, 6.07) is 1.14. The van der Waals surface area contributed by atoms with E-state index in [2.05, 4.69) is 15.5 Å². The summed E-state index contributed by atoms with van der Waals surface area (Å²) in [6.45, 7) is 2.24. The number of oxime groups is 1. The number of aromatic nitrogens is 1. The molecule has 1 aromatic carbocycles. The number of aromatic hydroxyl groups is 2. The number of nitrogens with two attached hydrogens (primary N) is 1. The van der Waals surface area contributed by atoms with E-state index in [1.807, 2.05) is 0 Å². The maximum Gasteiger partial charge on any atom is 1.00 e. The third-order valence-corrected chi connectivity index (χ3v) is 12.0. The van der Waals surface area contributed by atoms with Crippen molar-refractivity contribution in [2.75, 3.05) is 44.2 Å². The van der Waals surface area contributed by atoms with Crippen molar-refractivity contribution in [2.45, 2.75) is 42.8 Å². The number of β-lactam (4-membered cyclic amide) rings is 1. The van der Waals surface area contributed by atoms with E-state index in [0.717, 1.165) is 16.2 Å². The number of nitrogens with one attached hydrogen (secondary N) is 1. The fraction of sp³-hybridized carbons (Fsp3) is 0.419. The number of amides is 3. The molecule has 0 saturated carbocycles. The number of nitrogen functional groups attached to an aromatic ring is 1. The number of hydrogen-bond acceptors (Lipinski definition) is 17. The molecule has 5 N–H and O–H groups in total. The topological polar surface area (TPSA) is 291 Å². The van der Waals surface area contributed by atoms with Crippen LogP contribution in [0.15, 0.2) is 33.9 Å². The van der Waals surface area contributed by atoms with Gasteiger partial charge in [-0.2, -0.15) is 0 Å². The quantitative estimate of drug-likeness (QED) is 0.0386. The van der Waals surface area contributed by atoms with Gasteiger partial charge in [0.25, 0.3) is 17.7 Å². The van der Waals surface area contributed by atoms with Crippen molar-refractivity contribution >= 4 is 81.2 Å². The van der Waals surface area contributed by atoms with Gasteiger partial charge in [0.15, 0.2) is 28.4 Å². The third-order valence-electron chi connectivity index (χ3n) is 9.63. The van der Waals surface area contributed by atoms with Crippen LogP contribution in [-0.4, -0.2) is 133 Å². The number of thioether (sulfide) groups is 1. The van der Waals surface area contributed by atoms with Crippen molar-refractivity contribution in [3.8, 4) is 11.5 Å². The summed E-state index contributed by atoms with van der Waals surface area (Å²) in [5, 5.41) is 60.8. The number of carboxylic acid groups (broad SMARTS) is 3. The summed E-state index contributed by atoms with van der Waals surface area (Å²) >= 11 is 8.29. The summed E-state index contributed by atoms with van der Waals surface area (Å²) in [6.07, 6.45) is -2.07. The van der Waals surface area contributed by atoms with Crippen LogP contribution in [0.1, 0.15) is 35.3 Å². The van der Waals surface area contributed by atoms with Crippen molar-refractivity contribution in [1.82, 2.24) is 20.1 Å². The van der Waals surface area contributed by atoms with E-state index in [1.54, 1.807) is 4.90 Å². The zero-order chi connectivity index (χ0) is 38.4. The molecule has 4 saturated heterocycles. The minimum absolute atomic E-state index is 0. The van der Waals surface area contributed by atoms with Crippen LogP contribution < -0.4 is 85.5 Å². The van der Waals surface area contributed by atoms with Crippen molar-refractivity contribution in [3.63, 3.8) is 0 Å². The minimum atomic E-state index is -2.13. The number of anilines is 1. The predicted octanol–water partition coefficient (Wildman–Crippen LogP) is -9.68. The van der Waals surface area contributed by atoms with E-state index in [4.69, 9.17) is 22.2 Å². The molecule has 1 unspecified atom stereocenters. The summed E-state index contributed by atoms with van der Waals surface area (Å²) in [5.74, 6) is -8.44. The first kappa shape index (κ1) is 44.6. The molecule has 4 fully saturated rings. The second-order valence-electron chi connectivity index (χ2n) is 12.8. The Bertz CT molecular complexity index is 1980. The summed E-state index contributed by atoms with van der Waals surface area (Å²) in [5.41, 5.74) is 5.04. The fourth-order valence-corrected chi connectivity index (χ4v) is 9.08. The Hall–Kier alpha value is -3.12. The van der Waals surface area contributed by atoms with Crippen molar-refractivity contribution < 1.29 is 123 Å². The van der Waals surface area contributed by atoms with Gasteiger partial charge in [-0.25, -0.2) is 4.98 Å². The molecule has 6 heterocycles. The number of rotatable bonds is 12. The Morgan fingerprint density at radius 3 is 2.42 bits per heavy atom. The molecule has 55 heavy (non-hydrogen) atoms. The molecule has 5 aliphatic rings. The van der Waals surface area contributed by atoms with Crippen LogP contribution in [-0.2, 0) is 28.8 Å². The van der Waals surface area contributed by atoms with Gasteiger partial charge in [0.2, 0.25) is 0 Å². The number of benzene rings is 1. The normalized spacial score (nSPS) is 23.6. The average Bonchev–Trinajstić information content (AvgIpc) is 3.36. The number of nitrogens with zero attached hydrogens (tertiary/aromatic N) is 5. The fourth-order valence-electron chi connectivity index (χ4n) is 6.96. The van der Waals surface area contributed by atoms with Gasteiger partial charge in [-0.1, -0.05) is 16.8 Å². The van der Waals surface area contributed by atoms with Gasteiger partial charge in [0.05, 0.1) is 54.4 Å². The first-order chi connectivity index (χ1) is 25.1. The van der Waals surface area contributed by atoms with Crippen LogP contribution in [0.3, 0.4) is 0 Å². The number of phenols is 2. The number of thiazole rings is 1. The van der Waals surface area contributed by atoms with Crippen LogP contribution in [0.25, 0.3) is 0 Å². The zero-order valence-corrected chi connectivity index (χ0v) is 35.8. The molecular formula is C31H30ClN7Na2O12S2. The van der Waals surface area contributed by atoms with Crippen molar-refractivity contribution in [2.24, 2.45) is 5.16 Å². The Balaban J connectivity index is 0.00000336. The first-order valence-electron chi connectivity index (χ1n) is 16.0. The van der Waals surface area contributed by atoms with Crippen LogP contribution >= 0.6 is 34.7 Å². The average molecular weight is 838 g/mol. The molecule has 0 radical (unpaired) electrons. The van der Waals surface area contributed by atoms with E-state index in [9.17, 15) is 54.3 Å². The molecule has 24 heteroatoms. The Morgan fingerprint density at radius 1 is 1.13 bits per heavy atom. The monoisotopic (exact) mass is 837 g/mol. The molecular weight excluding hydrogens is 808 g/mol. The molecule has 2 aromatic rings. The first-order valence-corrected chi connectivity index (χ1v) is 18.3. The summed E-state index contributed by atoms with van der Waals surface area (Å²) in [4.78, 5) is 86.7. The largest absolute Gasteiger partial charge is 1.00 e. The predicted molar refractivity (Wildman–Crippen MR) is 178 cm³/mol. The number of halogens is 1. The molecule has 282 valence electrons. The number of hydrogen-bond donors (Lipinski definition) is 4. The van der Waals surface area contributed by atoms with E-state index in [0.29, 0.717) is 49.1 Å². The smallest absolute Gasteiger partial charge is 0.550 e. The maximum absolute atomic E-state index is 13.5. The van der Waals surface area contributed by atoms with Gasteiger partial charge >= 0.3 is 59.1 Å². The van der Waals surface area contributed by atoms with Crippen LogP contribution in [0, 0.1) is 0 Å². The van der Waals surface area contributed by atoms with Gasteiger partial charge < -0.3 is 65.2 Å². The maximum atomic E-state index is 13.5. The zero-order valence-electron chi connectivity index (χ0n) is 29.4. The summed E-state index contributed by atoms with van der Waals surface area (Å²) in [7, 11) is 0. The molecule has 3 amide bonds. The van der Waals surface area contributed by atoms with E-state index in [1.165, 1.54) is 29.3 Å². The molecule has 5 aliphatic heterocycles. The van der Waals surface area contributed by atoms with Gasteiger partial charge in [-0.05, 0) is 12.1 Å². The molecule has 2 bridgehead atoms. The number of piperidine rings is 1. The number of carbonyl (C=O) groups excluding carboxylic acids is 6. The van der Waals surface area contributed by atoms with Gasteiger partial charge in [-0.15, -0.1) is 23.1 Å². The van der Waals surface area contributed by atoms with Gasteiger partial charge in [0, 0.05) is 48.0 Å². The number of aliphatic carboxylic acids is 3. The standard InChI is InChI=1S/C31H32ClN7O12S2.2Na/c32-20-15(1-2-17(40)24(20)43)26(45)37-5-8-39(6-3-14(37)4-7-39)10-13-11-52-28-22(27(46)38(28)23(13)30(49)50)35-25(44)21(16-12-53-31(33)34-16)36-51-18(29(47)48)9-19(41)42;;/h1-2,12,14,18,22,28H,3-11H2,(H7-,33,34,35,36,40,41,42,43,44,45,47,48,49,50);;/q;2*+1/p-2/t14?,18?,22-,28-,39?;;/m1../s1. The van der Waals surface area contributed by atoms with E-state index in [-0.39, 0.29) is 105 Å². The second-order valence-corrected chi connectivity index (χ2v) is 15.2. The van der Waals surface area contributed by atoms with Crippen LogP contribution in [0.2, 0.25) is 5.02 Å². The van der Waals surface area contributed by atoms with E-state index < -0.39 is 76.8 Å². The summed E-state index contributed by atoms with van der Waals surface area (Å²) < 4.78 is 0.440. The Kier molecular flexibility index (Phi) is 14.6. The number of fused-ring (bicyclic) bond motifs is 5. The van der Waals surface area contributed by atoms with Gasteiger partial charge in [-0.3, -0.25) is 19.3 Å². The third kappa shape index (κ3) is 9.05. The molecule has 0 aliphatic carbocycles. The number of carboxylic acids is 3.